The predicted molar refractivity (Wildman–Crippen MR) is 55.6 cm³/mol. The van der Waals surface area contributed by atoms with Gasteiger partial charge in [-0.25, -0.2) is 0 Å². The smallest absolute Gasteiger partial charge is 0.00501 e. The van der Waals surface area contributed by atoms with Crippen molar-refractivity contribution < 1.29 is 0 Å². The SMILES string of the molecule is NCC1(CN2CCCC2)CCCC1. The molecule has 1 aliphatic carbocycles. The fourth-order valence-corrected chi connectivity index (χ4v) is 2.97. The lowest BCUT2D eigenvalue weighted by Crippen LogP contribution is -2.39. The third-order valence-corrected chi connectivity index (χ3v) is 3.85. The van der Waals surface area contributed by atoms with E-state index in [9.17, 15) is 0 Å². The average molecular weight is 182 g/mol. The first-order valence-electron chi connectivity index (χ1n) is 5.77. The van der Waals surface area contributed by atoms with E-state index in [1.807, 2.05) is 0 Å². The molecule has 0 amide bonds. The fourth-order valence-electron chi connectivity index (χ4n) is 2.97. The molecule has 2 aliphatic rings. The molecule has 0 aromatic carbocycles. The molecule has 2 heteroatoms. The molecule has 0 unspecified atom stereocenters. The first-order valence-corrected chi connectivity index (χ1v) is 5.77. The van der Waals surface area contributed by atoms with Crippen molar-refractivity contribution in [3.8, 4) is 0 Å². The standard InChI is InChI=1S/C11H22N2/c12-9-11(5-1-2-6-11)10-13-7-3-4-8-13/h1-10,12H2. The molecule has 13 heavy (non-hydrogen) atoms. The molecule has 1 saturated carbocycles. The number of likely N-dealkylation sites (tertiary alicyclic amines) is 1. The van der Waals surface area contributed by atoms with E-state index >= 15 is 0 Å². The van der Waals surface area contributed by atoms with Gasteiger partial charge in [-0.15, -0.1) is 0 Å². The lowest BCUT2D eigenvalue weighted by atomic mass is 9.86. The Labute approximate surface area is 81.5 Å². The molecule has 0 aromatic heterocycles. The second kappa shape index (κ2) is 3.97. The summed E-state index contributed by atoms with van der Waals surface area (Å²) < 4.78 is 0. The van der Waals surface area contributed by atoms with Crippen molar-refractivity contribution in [2.45, 2.75) is 38.5 Å². The number of nitrogens with two attached hydrogens (primary N) is 1. The van der Waals surface area contributed by atoms with Gasteiger partial charge >= 0.3 is 0 Å². The minimum atomic E-state index is 0.504. The first kappa shape index (κ1) is 9.47. The summed E-state index contributed by atoms with van der Waals surface area (Å²) in [7, 11) is 0. The van der Waals surface area contributed by atoms with Crippen LogP contribution in [-0.2, 0) is 0 Å². The monoisotopic (exact) mass is 182 g/mol. The summed E-state index contributed by atoms with van der Waals surface area (Å²) >= 11 is 0. The van der Waals surface area contributed by atoms with Crippen molar-refractivity contribution in [3.05, 3.63) is 0 Å². The summed E-state index contributed by atoms with van der Waals surface area (Å²) in [6.45, 7) is 4.83. The topological polar surface area (TPSA) is 29.3 Å². The first-order chi connectivity index (χ1) is 6.35. The Morgan fingerprint density at radius 2 is 1.62 bits per heavy atom. The highest BCUT2D eigenvalue weighted by Crippen LogP contribution is 2.38. The maximum absolute atomic E-state index is 5.92. The molecule has 76 valence electrons. The Bertz CT molecular complexity index is 155. The van der Waals surface area contributed by atoms with Gasteiger partial charge in [0.05, 0.1) is 0 Å². The summed E-state index contributed by atoms with van der Waals surface area (Å²) in [5.74, 6) is 0. The molecular weight excluding hydrogens is 160 g/mol. The summed E-state index contributed by atoms with van der Waals surface area (Å²) in [4.78, 5) is 2.62. The van der Waals surface area contributed by atoms with Gasteiger partial charge in [-0.3, -0.25) is 0 Å². The van der Waals surface area contributed by atoms with Gasteiger partial charge in [0.1, 0.15) is 0 Å². The lowest BCUT2D eigenvalue weighted by molar-refractivity contribution is 0.184. The maximum atomic E-state index is 5.92. The van der Waals surface area contributed by atoms with Gasteiger partial charge in [-0.2, -0.15) is 0 Å². The van der Waals surface area contributed by atoms with Crippen molar-refractivity contribution in [1.29, 1.82) is 0 Å². The highest BCUT2D eigenvalue weighted by Gasteiger charge is 2.34. The lowest BCUT2D eigenvalue weighted by Gasteiger charge is -2.32. The molecular formula is C11H22N2. The molecule has 0 aromatic rings. The van der Waals surface area contributed by atoms with Gasteiger partial charge in [0, 0.05) is 6.54 Å². The molecule has 0 spiro atoms. The van der Waals surface area contributed by atoms with Crippen LogP contribution in [0.4, 0.5) is 0 Å². The molecule has 1 aliphatic heterocycles. The maximum Gasteiger partial charge on any atom is 0.00501 e. The van der Waals surface area contributed by atoms with E-state index in [0.717, 1.165) is 6.54 Å². The van der Waals surface area contributed by atoms with Gasteiger partial charge < -0.3 is 10.6 Å². The minimum Gasteiger partial charge on any atom is -0.330 e. The predicted octanol–water partition coefficient (Wildman–Crippen LogP) is 1.60. The Balaban J connectivity index is 1.88. The van der Waals surface area contributed by atoms with Crippen molar-refractivity contribution in [2.75, 3.05) is 26.2 Å². The van der Waals surface area contributed by atoms with Gasteiger partial charge in [0.25, 0.3) is 0 Å². The van der Waals surface area contributed by atoms with Crippen LogP contribution in [0.2, 0.25) is 0 Å². The molecule has 2 rings (SSSR count). The van der Waals surface area contributed by atoms with Crippen molar-refractivity contribution in [2.24, 2.45) is 11.1 Å². The number of hydrogen-bond acceptors (Lipinski definition) is 2. The summed E-state index contributed by atoms with van der Waals surface area (Å²) in [6, 6.07) is 0. The van der Waals surface area contributed by atoms with Crippen molar-refractivity contribution >= 4 is 0 Å². The summed E-state index contributed by atoms with van der Waals surface area (Å²) in [5.41, 5.74) is 6.42. The van der Waals surface area contributed by atoms with E-state index < -0.39 is 0 Å². The Hall–Kier alpha value is -0.0800. The molecule has 2 nitrogen and oxygen atoms in total. The van der Waals surface area contributed by atoms with Gasteiger partial charge in [-0.1, -0.05) is 12.8 Å². The average Bonchev–Trinajstić information content (AvgIpc) is 2.77. The van der Waals surface area contributed by atoms with Gasteiger partial charge in [0.15, 0.2) is 0 Å². The van der Waals surface area contributed by atoms with Crippen LogP contribution in [0.3, 0.4) is 0 Å². The molecule has 2 fully saturated rings. The molecule has 1 saturated heterocycles. The molecule has 0 atom stereocenters. The molecule has 0 bridgehead atoms. The van der Waals surface area contributed by atoms with Crippen LogP contribution < -0.4 is 5.73 Å². The van der Waals surface area contributed by atoms with Crippen LogP contribution in [0.5, 0.6) is 0 Å². The highest BCUT2D eigenvalue weighted by atomic mass is 15.1. The van der Waals surface area contributed by atoms with Crippen LogP contribution in [0.15, 0.2) is 0 Å². The quantitative estimate of drug-likeness (QED) is 0.718. The van der Waals surface area contributed by atoms with E-state index in [4.69, 9.17) is 5.73 Å². The third-order valence-electron chi connectivity index (χ3n) is 3.85. The van der Waals surface area contributed by atoms with E-state index in [-0.39, 0.29) is 0 Å². The second-order valence-corrected chi connectivity index (χ2v) is 4.89. The number of hydrogen-bond donors (Lipinski definition) is 1. The molecule has 2 N–H and O–H groups in total. The minimum absolute atomic E-state index is 0.504. The van der Waals surface area contributed by atoms with E-state index in [2.05, 4.69) is 4.90 Å². The number of nitrogens with zero attached hydrogens (tertiary/aromatic N) is 1. The third kappa shape index (κ3) is 2.05. The van der Waals surface area contributed by atoms with E-state index in [0.29, 0.717) is 5.41 Å². The van der Waals surface area contributed by atoms with Crippen molar-refractivity contribution in [3.63, 3.8) is 0 Å². The van der Waals surface area contributed by atoms with Gasteiger partial charge in [-0.05, 0) is 50.7 Å². The zero-order valence-electron chi connectivity index (χ0n) is 8.60. The van der Waals surface area contributed by atoms with Crippen LogP contribution >= 0.6 is 0 Å². The Kier molecular flexibility index (Phi) is 2.89. The van der Waals surface area contributed by atoms with Crippen molar-refractivity contribution in [1.82, 2.24) is 4.90 Å². The van der Waals surface area contributed by atoms with Crippen LogP contribution in [0.1, 0.15) is 38.5 Å². The molecule has 1 heterocycles. The summed E-state index contributed by atoms with van der Waals surface area (Å²) in [5, 5.41) is 0. The van der Waals surface area contributed by atoms with Crippen LogP contribution in [0.25, 0.3) is 0 Å². The second-order valence-electron chi connectivity index (χ2n) is 4.89. The number of rotatable bonds is 3. The normalized spacial score (nSPS) is 28.4. The zero-order valence-corrected chi connectivity index (χ0v) is 8.60. The van der Waals surface area contributed by atoms with Gasteiger partial charge in [0.2, 0.25) is 0 Å². The van der Waals surface area contributed by atoms with E-state index in [1.54, 1.807) is 0 Å². The van der Waals surface area contributed by atoms with E-state index in [1.165, 1.54) is 58.2 Å². The zero-order chi connectivity index (χ0) is 9.15. The van der Waals surface area contributed by atoms with Crippen LogP contribution in [-0.4, -0.2) is 31.1 Å². The summed E-state index contributed by atoms with van der Waals surface area (Å²) in [6.07, 6.45) is 8.37. The fraction of sp³-hybridized carbons (Fsp3) is 1.00. The Morgan fingerprint density at radius 3 is 2.15 bits per heavy atom. The van der Waals surface area contributed by atoms with Crippen LogP contribution in [0, 0.1) is 5.41 Å². The largest absolute Gasteiger partial charge is 0.330 e. The highest BCUT2D eigenvalue weighted by molar-refractivity contribution is 4.89. The Morgan fingerprint density at radius 1 is 1.00 bits per heavy atom. The molecule has 0 radical (unpaired) electrons.